The second kappa shape index (κ2) is 6.20. The van der Waals surface area contributed by atoms with E-state index in [4.69, 9.17) is 9.68 Å². The predicted octanol–water partition coefficient (Wildman–Crippen LogP) is 2.81. The van der Waals surface area contributed by atoms with Gasteiger partial charge >= 0.3 is 0 Å². The Bertz CT molecular complexity index is 859. The van der Waals surface area contributed by atoms with E-state index in [1.807, 2.05) is 6.07 Å². The number of hydrogen-bond donors (Lipinski definition) is 1. The van der Waals surface area contributed by atoms with E-state index in [2.05, 4.69) is 16.3 Å². The van der Waals surface area contributed by atoms with Gasteiger partial charge in [0.05, 0.1) is 17.9 Å². The van der Waals surface area contributed by atoms with Crippen LogP contribution in [0.5, 0.6) is 0 Å². The summed E-state index contributed by atoms with van der Waals surface area (Å²) >= 11 is 0. The number of nitrogens with zero attached hydrogens (tertiary/aromatic N) is 3. The normalized spacial score (nSPS) is 10.3. The van der Waals surface area contributed by atoms with E-state index in [0.29, 0.717) is 29.3 Å². The molecule has 1 amide bonds. The molecule has 0 fully saturated rings. The molecule has 0 unspecified atom stereocenters. The third kappa shape index (κ3) is 3.14. The first kappa shape index (κ1) is 14.6. The number of benzene rings is 1. The summed E-state index contributed by atoms with van der Waals surface area (Å²) in [5.41, 5.74) is 2.43. The van der Waals surface area contributed by atoms with E-state index in [1.54, 1.807) is 54.6 Å². The summed E-state index contributed by atoms with van der Waals surface area (Å²) < 4.78 is 5.27. The molecule has 2 heterocycles. The van der Waals surface area contributed by atoms with Crippen LogP contribution >= 0.6 is 0 Å². The zero-order chi connectivity index (χ0) is 16.2. The monoisotopic (exact) mass is 306 g/mol. The van der Waals surface area contributed by atoms with Crippen LogP contribution in [-0.2, 0) is 6.54 Å². The van der Waals surface area contributed by atoms with Gasteiger partial charge in [-0.2, -0.15) is 10.4 Å². The second-order valence-electron chi connectivity index (χ2n) is 5.12. The lowest BCUT2D eigenvalue weighted by atomic mass is 10.1. The molecule has 3 rings (SSSR count). The van der Waals surface area contributed by atoms with Crippen LogP contribution in [0.3, 0.4) is 0 Å². The average Bonchev–Trinajstić information content (AvgIpc) is 3.25. The molecule has 1 N–H and O–H groups in total. The molecule has 0 saturated carbocycles. The van der Waals surface area contributed by atoms with Gasteiger partial charge in [0.2, 0.25) is 0 Å². The lowest BCUT2D eigenvalue weighted by molar-refractivity contribution is 0.0779. The Morgan fingerprint density at radius 1 is 1.35 bits per heavy atom. The average molecular weight is 306 g/mol. The van der Waals surface area contributed by atoms with Gasteiger partial charge in [-0.1, -0.05) is 12.1 Å². The van der Waals surface area contributed by atoms with Crippen molar-refractivity contribution in [2.75, 3.05) is 7.05 Å². The number of nitrogens with one attached hydrogen (secondary N) is 1. The van der Waals surface area contributed by atoms with E-state index >= 15 is 0 Å². The van der Waals surface area contributed by atoms with Crippen molar-refractivity contribution >= 4 is 5.91 Å². The standard InChI is InChI=1S/C17H14N4O2/c1-21(11-13-5-2-4-12(8-13)10-18)17(22)15-9-14(19-20-15)16-6-3-7-23-16/h2-9H,11H2,1H3,(H,19,20). The maximum atomic E-state index is 12.4. The number of rotatable bonds is 4. The first-order valence-corrected chi connectivity index (χ1v) is 7.01. The molecular formula is C17H14N4O2. The number of carbonyl (C=O) groups excluding carboxylic acids is 1. The van der Waals surface area contributed by atoms with Gasteiger partial charge in [0.1, 0.15) is 5.69 Å². The summed E-state index contributed by atoms with van der Waals surface area (Å²) in [6, 6.07) is 14.5. The maximum Gasteiger partial charge on any atom is 0.274 e. The fraction of sp³-hybridized carbons (Fsp3) is 0.118. The zero-order valence-electron chi connectivity index (χ0n) is 12.5. The summed E-state index contributed by atoms with van der Waals surface area (Å²) in [6.45, 7) is 0.400. The molecule has 2 aromatic heterocycles. The van der Waals surface area contributed by atoms with Crippen LogP contribution in [-0.4, -0.2) is 28.1 Å². The minimum absolute atomic E-state index is 0.207. The third-order valence-electron chi connectivity index (χ3n) is 3.41. The number of carbonyl (C=O) groups is 1. The van der Waals surface area contributed by atoms with Gasteiger partial charge in [0.25, 0.3) is 5.91 Å². The Morgan fingerprint density at radius 3 is 2.96 bits per heavy atom. The van der Waals surface area contributed by atoms with Crippen molar-refractivity contribution in [2.24, 2.45) is 0 Å². The highest BCUT2D eigenvalue weighted by atomic mass is 16.3. The summed E-state index contributed by atoms with van der Waals surface area (Å²) in [4.78, 5) is 14.0. The summed E-state index contributed by atoms with van der Waals surface area (Å²) in [6.07, 6.45) is 1.56. The minimum atomic E-state index is -0.207. The van der Waals surface area contributed by atoms with Crippen molar-refractivity contribution in [2.45, 2.75) is 6.54 Å². The molecule has 0 aliphatic rings. The molecule has 23 heavy (non-hydrogen) atoms. The molecule has 1 aromatic carbocycles. The Kier molecular flexibility index (Phi) is 3.93. The molecular weight excluding hydrogens is 292 g/mol. The van der Waals surface area contributed by atoms with E-state index in [9.17, 15) is 4.79 Å². The predicted molar refractivity (Wildman–Crippen MR) is 83.2 cm³/mol. The largest absolute Gasteiger partial charge is 0.463 e. The van der Waals surface area contributed by atoms with Gasteiger partial charge in [-0.25, -0.2) is 0 Å². The number of aromatic nitrogens is 2. The Morgan fingerprint density at radius 2 is 2.22 bits per heavy atom. The van der Waals surface area contributed by atoms with E-state index < -0.39 is 0 Å². The number of H-pyrrole nitrogens is 1. The van der Waals surface area contributed by atoms with Gasteiger partial charge in [-0.3, -0.25) is 9.89 Å². The quantitative estimate of drug-likeness (QED) is 0.803. The zero-order valence-corrected chi connectivity index (χ0v) is 12.5. The van der Waals surface area contributed by atoms with Crippen molar-refractivity contribution < 1.29 is 9.21 Å². The van der Waals surface area contributed by atoms with E-state index in [-0.39, 0.29) is 5.91 Å². The van der Waals surface area contributed by atoms with E-state index in [0.717, 1.165) is 5.56 Å². The molecule has 0 spiro atoms. The molecule has 6 heteroatoms. The first-order valence-electron chi connectivity index (χ1n) is 7.01. The van der Waals surface area contributed by atoms with Crippen molar-refractivity contribution in [1.29, 1.82) is 5.26 Å². The number of hydrogen-bond acceptors (Lipinski definition) is 4. The van der Waals surface area contributed by atoms with Crippen molar-refractivity contribution in [1.82, 2.24) is 15.1 Å². The Labute approximate surface area is 133 Å². The summed E-state index contributed by atoms with van der Waals surface area (Å²) in [7, 11) is 1.70. The van der Waals surface area contributed by atoms with Gasteiger partial charge in [0, 0.05) is 19.7 Å². The van der Waals surface area contributed by atoms with Crippen LogP contribution in [0, 0.1) is 11.3 Å². The van der Waals surface area contributed by atoms with Gasteiger partial charge < -0.3 is 9.32 Å². The number of furan rings is 1. The molecule has 0 aliphatic heterocycles. The third-order valence-corrected chi connectivity index (χ3v) is 3.41. The molecule has 0 bridgehead atoms. The SMILES string of the molecule is CN(Cc1cccc(C#N)c1)C(=O)c1cc(-c2ccco2)[nH]n1. The molecule has 0 aliphatic carbocycles. The Hall–Kier alpha value is -3.33. The highest BCUT2D eigenvalue weighted by molar-refractivity contribution is 5.93. The lowest BCUT2D eigenvalue weighted by Gasteiger charge is -2.15. The van der Waals surface area contributed by atoms with Gasteiger partial charge in [-0.15, -0.1) is 0 Å². The van der Waals surface area contributed by atoms with Crippen molar-refractivity contribution in [3.05, 3.63) is 65.5 Å². The lowest BCUT2D eigenvalue weighted by Crippen LogP contribution is -2.26. The van der Waals surface area contributed by atoms with Gasteiger partial charge in [-0.05, 0) is 29.8 Å². The molecule has 6 nitrogen and oxygen atoms in total. The summed E-state index contributed by atoms with van der Waals surface area (Å²) in [5, 5.41) is 15.8. The minimum Gasteiger partial charge on any atom is -0.463 e. The van der Waals surface area contributed by atoms with Crippen LogP contribution in [0.2, 0.25) is 0 Å². The van der Waals surface area contributed by atoms with Crippen LogP contribution in [0.15, 0.2) is 53.1 Å². The summed E-state index contributed by atoms with van der Waals surface area (Å²) in [5.74, 6) is 0.419. The molecule has 0 atom stereocenters. The maximum absolute atomic E-state index is 12.4. The van der Waals surface area contributed by atoms with Gasteiger partial charge in [0.15, 0.2) is 11.5 Å². The number of aromatic amines is 1. The fourth-order valence-corrected chi connectivity index (χ4v) is 2.27. The highest BCUT2D eigenvalue weighted by Crippen LogP contribution is 2.18. The van der Waals surface area contributed by atoms with Crippen LogP contribution in [0.25, 0.3) is 11.5 Å². The second-order valence-corrected chi connectivity index (χ2v) is 5.12. The van der Waals surface area contributed by atoms with Crippen LogP contribution in [0.1, 0.15) is 21.6 Å². The van der Waals surface area contributed by atoms with Crippen molar-refractivity contribution in [3.63, 3.8) is 0 Å². The van der Waals surface area contributed by atoms with Crippen molar-refractivity contribution in [3.8, 4) is 17.5 Å². The molecule has 114 valence electrons. The van der Waals surface area contributed by atoms with Crippen LogP contribution in [0.4, 0.5) is 0 Å². The molecule has 0 saturated heterocycles. The number of amides is 1. The van der Waals surface area contributed by atoms with E-state index in [1.165, 1.54) is 0 Å². The number of nitriles is 1. The van der Waals surface area contributed by atoms with Crippen LogP contribution < -0.4 is 0 Å². The molecule has 0 radical (unpaired) electrons. The smallest absolute Gasteiger partial charge is 0.274 e. The molecule has 3 aromatic rings. The Balaban J connectivity index is 1.73. The topological polar surface area (TPSA) is 85.9 Å². The fourth-order valence-electron chi connectivity index (χ4n) is 2.27. The highest BCUT2D eigenvalue weighted by Gasteiger charge is 2.17. The first-order chi connectivity index (χ1) is 11.2.